The number of allylic oxidation sites excluding steroid dienone is 1. The van der Waals surface area contributed by atoms with Crippen LogP contribution in [0.3, 0.4) is 0 Å². The lowest BCUT2D eigenvalue weighted by molar-refractivity contribution is -0.0498. The van der Waals surface area contributed by atoms with Gasteiger partial charge in [-0.15, -0.1) is 21.9 Å². The zero-order valence-corrected chi connectivity index (χ0v) is 15.6. The molecule has 1 fully saturated rings. The number of tetrazole rings is 1. The highest BCUT2D eigenvalue weighted by atomic mass is 32.2. The number of alkyl halides is 2. The summed E-state index contributed by atoms with van der Waals surface area (Å²) in [7, 11) is 0. The Morgan fingerprint density at radius 3 is 2.68 bits per heavy atom. The Kier molecular flexibility index (Phi) is 5.33. The van der Waals surface area contributed by atoms with Gasteiger partial charge in [0, 0.05) is 12.5 Å². The van der Waals surface area contributed by atoms with Gasteiger partial charge in [0.15, 0.2) is 11.0 Å². The molecule has 0 saturated heterocycles. The number of benzene rings is 1. The number of halogens is 2. The highest BCUT2D eigenvalue weighted by Gasteiger charge is 2.30. The van der Waals surface area contributed by atoms with Gasteiger partial charge in [-0.05, 0) is 47.5 Å². The SMILES string of the molecule is C=CCn1c(SCc2nnnn2-c2ccc(OC(F)F)cc2)nnc1C1CC1. The van der Waals surface area contributed by atoms with Crippen LogP contribution in [0.25, 0.3) is 5.69 Å². The molecule has 28 heavy (non-hydrogen) atoms. The van der Waals surface area contributed by atoms with Crippen molar-refractivity contribution in [1.29, 1.82) is 0 Å². The number of nitrogens with zero attached hydrogens (tertiary/aromatic N) is 7. The van der Waals surface area contributed by atoms with Gasteiger partial charge in [-0.2, -0.15) is 13.5 Å². The summed E-state index contributed by atoms with van der Waals surface area (Å²) in [6.07, 6.45) is 4.11. The van der Waals surface area contributed by atoms with Crippen molar-refractivity contribution in [1.82, 2.24) is 35.0 Å². The molecule has 11 heteroatoms. The molecular weight excluding hydrogens is 388 g/mol. The maximum Gasteiger partial charge on any atom is 0.387 e. The van der Waals surface area contributed by atoms with Crippen molar-refractivity contribution in [3.05, 3.63) is 48.6 Å². The van der Waals surface area contributed by atoms with Crippen LogP contribution < -0.4 is 4.74 Å². The lowest BCUT2D eigenvalue weighted by atomic mass is 10.3. The molecule has 3 aromatic rings. The van der Waals surface area contributed by atoms with Gasteiger partial charge in [-0.25, -0.2) is 0 Å². The molecule has 0 N–H and O–H groups in total. The molecular formula is C17H17F2N7OS. The summed E-state index contributed by atoms with van der Waals surface area (Å²) in [6, 6.07) is 6.13. The van der Waals surface area contributed by atoms with Crippen molar-refractivity contribution in [3.63, 3.8) is 0 Å². The zero-order valence-electron chi connectivity index (χ0n) is 14.8. The summed E-state index contributed by atoms with van der Waals surface area (Å²) in [5.74, 6) is 2.64. The second-order valence-electron chi connectivity index (χ2n) is 6.18. The number of aromatic nitrogens is 7. The van der Waals surface area contributed by atoms with Crippen LogP contribution in [0.5, 0.6) is 5.75 Å². The van der Waals surface area contributed by atoms with Crippen molar-refractivity contribution in [2.24, 2.45) is 0 Å². The zero-order chi connectivity index (χ0) is 19.5. The molecule has 2 heterocycles. The Morgan fingerprint density at radius 2 is 2.00 bits per heavy atom. The Labute approximate surface area is 163 Å². The second kappa shape index (κ2) is 8.05. The van der Waals surface area contributed by atoms with Gasteiger partial charge in [0.25, 0.3) is 0 Å². The van der Waals surface area contributed by atoms with E-state index < -0.39 is 6.61 Å². The molecule has 0 spiro atoms. The van der Waals surface area contributed by atoms with Crippen LogP contribution in [0, 0.1) is 0 Å². The van der Waals surface area contributed by atoms with E-state index in [0.717, 1.165) is 23.8 Å². The molecule has 0 aliphatic heterocycles. The van der Waals surface area contributed by atoms with E-state index in [0.29, 0.717) is 29.7 Å². The first-order chi connectivity index (χ1) is 13.7. The van der Waals surface area contributed by atoms with E-state index >= 15 is 0 Å². The van der Waals surface area contributed by atoms with Crippen LogP contribution in [0.2, 0.25) is 0 Å². The third-order valence-corrected chi connectivity index (χ3v) is 5.13. The summed E-state index contributed by atoms with van der Waals surface area (Å²) in [4.78, 5) is 0. The predicted molar refractivity (Wildman–Crippen MR) is 97.5 cm³/mol. The van der Waals surface area contributed by atoms with Gasteiger partial charge < -0.3 is 9.30 Å². The molecule has 0 amide bonds. The predicted octanol–water partition coefficient (Wildman–Crippen LogP) is 3.21. The number of ether oxygens (including phenoxy) is 1. The molecule has 8 nitrogen and oxygen atoms in total. The molecule has 146 valence electrons. The van der Waals surface area contributed by atoms with Crippen LogP contribution in [0.1, 0.15) is 30.4 Å². The van der Waals surface area contributed by atoms with E-state index in [1.54, 1.807) is 16.8 Å². The molecule has 0 bridgehead atoms. The fourth-order valence-corrected chi connectivity index (χ4v) is 3.61. The van der Waals surface area contributed by atoms with Crippen LogP contribution in [-0.4, -0.2) is 41.6 Å². The average Bonchev–Trinajstić information content (AvgIpc) is 3.28. The van der Waals surface area contributed by atoms with E-state index in [-0.39, 0.29) is 5.75 Å². The first kappa shape index (κ1) is 18.5. The summed E-state index contributed by atoms with van der Waals surface area (Å²) >= 11 is 1.49. The monoisotopic (exact) mass is 405 g/mol. The topological polar surface area (TPSA) is 83.5 Å². The summed E-state index contributed by atoms with van der Waals surface area (Å²) < 4.78 is 32.5. The number of hydrogen-bond acceptors (Lipinski definition) is 7. The highest BCUT2D eigenvalue weighted by Crippen LogP contribution is 2.40. The van der Waals surface area contributed by atoms with Crippen molar-refractivity contribution in [2.75, 3.05) is 0 Å². The van der Waals surface area contributed by atoms with E-state index in [4.69, 9.17) is 0 Å². The van der Waals surface area contributed by atoms with Crippen molar-refractivity contribution in [2.45, 2.75) is 42.8 Å². The molecule has 1 aromatic carbocycles. The molecule has 1 aliphatic rings. The summed E-state index contributed by atoms with van der Waals surface area (Å²) in [6.45, 7) is 1.60. The van der Waals surface area contributed by atoms with Crippen molar-refractivity contribution < 1.29 is 13.5 Å². The average molecular weight is 405 g/mol. The third kappa shape index (κ3) is 4.03. The second-order valence-corrected chi connectivity index (χ2v) is 7.12. The van der Waals surface area contributed by atoms with Crippen LogP contribution >= 0.6 is 11.8 Å². The highest BCUT2D eigenvalue weighted by molar-refractivity contribution is 7.98. The summed E-state index contributed by atoms with van der Waals surface area (Å²) in [5.41, 5.74) is 0.647. The first-order valence-corrected chi connectivity index (χ1v) is 9.63. The Bertz CT molecular complexity index is 953. The van der Waals surface area contributed by atoms with Crippen LogP contribution in [0.4, 0.5) is 8.78 Å². The smallest absolute Gasteiger partial charge is 0.387 e. The molecule has 4 rings (SSSR count). The molecule has 1 saturated carbocycles. The molecule has 0 unspecified atom stereocenters. The minimum atomic E-state index is -2.86. The fourth-order valence-electron chi connectivity index (χ4n) is 2.75. The van der Waals surface area contributed by atoms with Gasteiger partial charge in [-0.3, -0.25) is 0 Å². The minimum absolute atomic E-state index is 0.0767. The largest absolute Gasteiger partial charge is 0.435 e. The minimum Gasteiger partial charge on any atom is -0.435 e. The van der Waals surface area contributed by atoms with Gasteiger partial charge in [0.05, 0.1) is 11.4 Å². The standard InChI is InChI=1S/C17H17F2N7OS/c1-2-9-25-15(11-3-4-11)21-22-17(25)28-10-14-20-23-24-26(14)12-5-7-13(8-6-12)27-16(18)19/h2,5-8,11,16H,1,3-4,9-10H2. The normalized spacial score (nSPS) is 13.8. The van der Waals surface area contributed by atoms with E-state index in [1.807, 2.05) is 6.08 Å². The van der Waals surface area contributed by atoms with Gasteiger partial charge in [0.1, 0.15) is 11.6 Å². The maximum absolute atomic E-state index is 12.3. The van der Waals surface area contributed by atoms with Crippen molar-refractivity contribution in [3.8, 4) is 11.4 Å². The lowest BCUT2D eigenvalue weighted by Gasteiger charge is -2.08. The van der Waals surface area contributed by atoms with E-state index in [9.17, 15) is 8.78 Å². The van der Waals surface area contributed by atoms with Crippen LogP contribution in [-0.2, 0) is 12.3 Å². The van der Waals surface area contributed by atoms with Crippen molar-refractivity contribution >= 4 is 11.8 Å². The number of thioether (sulfide) groups is 1. The third-order valence-electron chi connectivity index (χ3n) is 4.17. The van der Waals surface area contributed by atoms with Gasteiger partial charge >= 0.3 is 6.61 Å². The first-order valence-electron chi connectivity index (χ1n) is 8.65. The quantitative estimate of drug-likeness (QED) is 0.399. The molecule has 0 atom stereocenters. The van der Waals surface area contributed by atoms with E-state index in [1.165, 1.54) is 23.9 Å². The Balaban J connectivity index is 1.49. The maximum atomic E-state index is 12.3. The van der Waals surface area contributed by atoms with E-state index in [2.05, 4.69) is 41.6 Å². The van der Waals surface area contributed by atoms with Gasteiger partial charge in [0.2, 0.25) is 0 Å². The van der Waals surface area contributed by atoms with Gasteiger partial charge in [-0.1, -0.05) is 17.8 Å². The summed E-state index contributed by atoms with van der Waals surface area (Å²) in [5, 5.41) is 21.2. The fraction of sp³-hybridized carbons (Fsp3) is 0.353. The molecule has 2 aromatic heterocycles. The lowest BCUT2D eigenvalue weighted by Crippen LogP contribution is -2.05. The molecule has 0 radical (unpaired) electrons. The van der Waals surface area contributed by atoms with Crippen LogP contribution in [0.15, 0.2) is 42.1 Å². The Hall–Kier alpha value is -2.82. The molecule has 1 aliphatic carbocycles. The number of rotatable bonds is 9. The Morgan fingerprint density at radius 1 is 1.21 bits per heavy atom. The number of hydrogen-bond donors (Lipinski definition) is 0.